The molecular weight excluding hydrogens is 881 g/mol. The molecule has 0 aromatic rings. The van der Waals surface area contributed by atoms with Crippen LogP contribution in [0.2, 0.25) is 0 Å². The molecule has 7 rings (SSSR count). The zero-order chi connectivity index (χ0) is 42.9. The van der Waals surface area contributed by atoms with Crippen LogP contribution in [0, 0.1) is 50.2 Å². The third-order valence-corrected chi connectivity index (χ3v) is 17.2. The molecule has 19 heteroatoms. The van der Waals surface area contributed by atoms with Gasteiger partial charge in [-0.1, -0.05) is 47.1 Å². The van der Waals surface area contributed by atoms with Crippen LogP contribution in [0.5, 0.6) is 0 Å². The van der Waals surface area contributed by atoms with Gasteiger partial charge in [0.2, 0.25) is 0 Å². The summed E-state index contributed by atoms with van der Waals surface area (Å²) in [5.41, 5.74) is -1.81. The number of hydrogen-bond acceptors (Lipinski definition) is 13. The molecule has 0 amide bonds. The molecule has 8 N–H and O–H groups in total. The molecule has 6 fully saturated rings. The number of allylic oxidation sites excluding steroid dienone is 2. The van der Waals surface area contributed by atoms with Gasteiger partial charge < -0.3 is 59.8 Å². The maximum atomic E-state index is 14.8. The summed E-state index contributed by atoms with van der Waals surface area (Å²) in [5.74, 6) is -4.47. The van der Waals surface area contributed by atoms with Gasteiger partial charge in [-0.25, -0.2) is 9.59 Å². The van der Waals surface area contributed by atoms with E-state index in [1.807, 2.05) is 26.8 Å². The Hall–Kier alpha value is 1.24. The van der Waals surface area contributed by atoms with Gasteiger partial charge in [-0.2, -0.15) is 0 Å². The van der Waals surface area contributed by atoms with E-state index in [1.165, 1.54) is 0 Å². The summed E-state index contributed by atoms with van der Waals surface area (Å²) in [5, 5.41) is 83.0. The van der Waals surface area contributed by atoms with Crippen molar-refractivity contribution >= 4 is 137 Å². The molecule has 2 aliphatic heterocycles. The van der Waals surface area contributed by atoms with Crippen LogP contribution in [-0.2, 0) is 38.1 Å². The molecule has 326 valence electrons. The van der Waals surface area contributed by atoms with Crippen LogP contribution in [0.25, 0.3) is 0 Å². The van der Waals surface area contributed by atoms with Gasteiger partial charge in [-0.3, -0.25) is 9.59 Å². The number of carbonyl (C=O) groups is 4. The number of carboxylic acids is 3. The Morgan fingerprint density at radius 1 is 0.672 bits per heavy atom. The van der Waals surface area contributed by atoms with Crippen LogP contribution in [0.1, 0.15) is 106 Å². The van der Waals surface area contributed by atoms with E-state index >= 15 is 0 Å². The van der Waals surface area contributed by atoms with E-state index in [0.29, 0.717) is 25.7 Å². The molecule has 0 radical (unpaired) electrons. The standard InChI is InChI=1S/C42H62O16.3Ca/c1-37(2)21-8-11-42(7)31(20(43)16-18-19-17-39(4,36(53)54)13-12-38(19,3)14-15-41(18,42)6)40(21,5)10-9-22(37)55-35-30(26(47)25(46)29(57-35)33(51)52)58-34-27(48)23(44)24(45)28(56-34)32(49)50;;;/h16,19,21-31,34-35,44-48H,8-15,17H2,1-7H3,(H,49,50)(H,51,52)(H,53,54);;;/q;3*+2/t19-,21-,22-,23-,24-,25-,26-,27+,28-,29-,30+,31+,34-,35-,38+,39-,40-,41+,42+;;;/m0.../s1. The second kappa shape index (κ2) is 19.0. The predicted octanol–water partition coefficient (Wildman–Crippen LogP) is 1.10. The van der Waals surface area contributed by atoms with E-state index in [4.69, 9.17) is 18.9 Å². The molecule has 2 saturated heterocycles. The summed E-state index contributed by atoms with van der Waals surface area (Å²) in [6.07, 6.45) is -12.2. The zero-order valence-corrected chi connectivity index (χ0v) is 43.1. The Kier molecular flexibility index (Phi) is 17.1. The van der Waals surface area contributed by atoms with Crippen molar-refractivity contribution in [3.63, 3.8) is 0 Å². The van der Waals surface area contributed by atoms with E-state index in [9.17, 15) is 60.0 Å². The molecule has 7 aliphatic rings. The molecule has 0 bridgehead atoms. The van der Waals surface area contributed by atoms with Crippen LogP contribution < -0.4 is 0 Å². The van der Waals surface area contributed by atoms with Crippen LogP contribution in [0.15, 0.2) is 11.6 Å². The number of carboxylic acid groups (broad SMARTS) is 3. The van der Waals surface area contributed by atoms with Crippen molar-refractivity contribution in [3.8, 4) is 0 Å². The molecule has 4 saturated carbocycles. The number of hydrogen-bond donors (Lipinski definition) is 8. The number of ketones is 1. The molecule has 0 aromatic carbocycles. The second-order valence-corrected chi connectivity index (χ2v) is 20.6. The van der Waals surface area contributed by atoms with Crippen LogP contribution in [0.3, 0.4) is 0 Å². The fourth-order valence-corrected chi connectivity index (χ4v) is 13.4. The topological polar surface area (TPSA) is 267 Å². The fourth-order valence-electron chi connectivity index (χ4n) is 13.4. The van der Waals surface area contributed by atoms with Crippen molar-refractivity contribution in [2.24, 2.45) is 50.2 Å². The van der Waals surface area contributed by atoms with Crippen molar-refractivity contribution in [2.45, 2.75) is 174 Å². The molecule has 16 nitrogen and oxygen atoms in total. The minimum absolute atomic E-state index is 0. The number of aliphatic hydroxyl groups excluding tert-OH is 5. The third kappa shape index (κ3) is 8.69. The van der Waals surface area contributed by atoms with Crippen molar-refractivity contribution in [2.75, 3.05) is 0 Å². The minimum Gasteiger partial charge on any atom is -0.481 e. The Bertz CT molecular complexity index is 1750. The molecule has 19 atom stereocenters. The molecule has 61 heavy (non-hydrogen) atoms. The largest absolute Gasteiger partial charge is 2.00 e. The second-order valence-electron chi connectivity index (χ2n) is 20.6. The van der Waals surface area contributed by atoms with Crippen LogP contribution >= 0.6 is 0 Å². The van der Waals surface area contributed by atoms with E-state index in [-0.39, 0.29) is 148 Å². The van der Waals surface area contributed by atoms with E-state index in [0.717, 1.165) is 37.7 Å². The number of rotatable bonds is 7. The first-order chi connectivity index (χ1) is 26.8. The number of carbonyl (C=O) groups excluding carboxylic acids is 1. The van der Waals surface area contributed by atoms with E-state index in [2.05, 4.69) is 27.7 Å². The Morgan fingerprint density at radius 2 is 1.23 bits per heavy atom. The van der Waals surface area contributed by atoms with Gasteiger partial charge in [0.1, 0.15) is 36.6 Å². The molecule has 0 aromatic heterocycles. The third-order valence-electron chi connectivity index (χ3n) is 17.2. The number of aliphatic carboxylic acids is 3. The molecular formula is C42H62Ca3O16+6. The summed E-state index contributed by atoms with van der Waals surface area (Å²) in [4.78, 5) is 51.3. The van der Waals surface area contributed by atoms with Gasteiger partial charge in [0.05, 0.1) is 11.5 Å². The Labute approximate surface area is 446 Å². The van der Waals surface area contributed by atoms with E-state index < -0.39 is 107 Å². The van der Waals surface area contributed by atoms with Crippen molar-refractivity contribution < 1.29 is 79.0 Å². The van der Waals surface area contributed by atoms with E-state index in [1.54, 1.807) is 0 Å². The van der Waals surface area contributed by atoms with Gasteiger partial charge in [0, 0.05) is 5.92 Å². The van der Waals surface area contributed by atoms with Gasteiger partial charge >= 0.3 is 131 Å². The Morgan fingerprint density at radius 3 is 1.80 bits per heavy atom. The summed E-state index contributed by atoms with van der Waals surface area (Å²) in [6.45, 7) is 14.8. The van der Waals surface area contributed by atoms with Gasteiger partial charge in [0.15, 0.2) is 30.6 Å². The summed E-state index contributed by atoms with van der Waals surface area (Å²) >= 11 is 0. The summed E-state index contributed by atoms with van der Waals surface area (Å²) in [6, 6.07) is 0. The van der Waals surface area contributed by atoms with Crippen molar-refractivity contribution in [1.29, 1.82) is 0 Å². The average Bonchev–Trinajstić information content (AvgIpc) is 3.13. The average molecular weight is 943 g/mol. The zero-order valence-electron chi connectivity index (χ0n) is 36.5. The SMILES string of the molecule is CC1(C)[C@@H](O[C@H]2O[C@H](C(=O)O)[C@@H](O)[C@H](O)[C@H]2O[C@@H]2O[C@H](C(=O)O)[C@@H](O)[C@H](O)[C@H]2O)CC[C@]2(C)[C@H]3C(=O)C=C4[C@@H]5C[C@@](C)(C(=O)O)CC[C@]5(C)CC[C@@]4(C)[C@]3(C)CC[C@@H]12.[Ca+2].[Ca+2].[Ca+2]. The van der Waals surface area contributed by atoms with Gasteiger partial charge in [-0.05, 0) is 110 Å². The van der Waals surface area contributed by atoms with Gasteiger partial charge in [-0.15, -0.1) is 0 Å². The molecule has 0 spiro atoms. The number of ether oxygens (including phenoxy) is 4. The smallest absolute Gasteiger partial charge is 0.481 e. The number of fused-ring (bicyclic) bond motifs is 7. The first kappa shape index (κ1) is 54.8. The van der Waals surface area contributed by atoms with Crippen molar-refractivity contribution in [3.05, 3.63) is 11.6 Å². The molecule has 2 heterocycles. The quantitative estimate of drug-likeness (QED) is 0.131. The Balaban J connectivity index is 0.00000273. The first-order valence-electron chi connectivity index (χ1n) is 20.7. The van der Waals surface area contributed by atoms with Gasteiger partial charge in [0.25, 0.3) is 0 Å². The fraction of sp³-hybridized carbons (Fsp3) is 0.857. The van der Waals surface area contributed by atoms with Crippen LogP contribution in [0.4, 0.5) is 0 Å². The summed E-state index contributed by atoms with van der Waals surface area (Å²) in [7, 11) is 0. The molecule has 5 aliphatic carbocycles. The first-order valence-corrected chi connectivity index (χ1v) is 20.7. The maximum absolute atomic E-state index is 14.8. The minimum atomic E-state index is -2.05. The maximum Gasteiger partial charge on any atom is 2.00 e. The molecule has 0 unspecified atom stereocenters. The predicted molar refractivity (Wildman–Crippen MR) is 217 cm³/mol. The monoisotopic (exact) mass is 942 g/mol. The summed E-state index contributed by atoms with van der Waals surface area (Å²) < 4.78 is 23.4. The van der Waals surface area contributed by atoms with Crippen molar-refractivity contribution in [1.82, 2.24) is 0 Å². The normalized spacial score (nSPS) is 50.0. The number of aliphatic hydroxyl groups is 5. The van der Waals surface area contributed by atoms with Crippen LogP contribution in [-0.4, -0.2) is 245 Å².